The molecule has 2 rings (SSSR count). The van der Waals surface area contributed by atoms with Crippen LogP contribution < -0.4 is 15.2 Å². The van der Waals surface area contributed by atoms with E-state index in [-0.39, 0.29) is 5.91 Å². The molecule has 1 saturated heterocycles. The Hall–Kier alpha value is -1.91. The fourth-order valence-electron chi connectivity index (χ4n) is 2.57. The van der Waals surface area contributed by atoms with Gasteiger partial charge in [0.1, 0.15) is 0 Å². The van der Waals surface area contributed by atoms with E-state index >= 15 is 0 Å². The zero-order valence-corrected chi connectivity index (χ0v) is 12.1. The second-order valence-electron chi connectivity index (χ2n) is 5.01. The summed E-state index contributed by atoms with van der Waals surface area (Å²) in [6, 6.07) is 3.73. The van der Waals surface area contributed by atoms with Crippen LogP contribution in [0.25, 0.3) is 0 Å². The molecule has 1 aromatic rings. The van der Waals surface area contributed by atoms with Gasteiger partial charge in [-0.1, -0.05) is 0 Å². The van der Waals surface area contributed by atoms with Crippen molar-refractivity contribution in [1.82, 2.24) is 4.90 Å². The van der Waals surface area contributed by atoms with Crippen LogP contribution in [0.4, 0.5) is 5.69 Å². The molecule has 0 spiro atoms. The molecule has 0 aromatic heterocycles. The number of hydrogen-bond acceptors (Lipinski definition) is 4. The number of hydrogen-bond donors (Lipinski definition) is 1. The summed E-state index contributed by atoms with van der Waals surface area (Å²) in [6.45, 7) is 1.79. The van der Waals surface area contributed by atoms with Crippen LogP contribution in [0.1, 0.15) is 24.8 Å². The largest absolute Gasteiger partial charge is 0.493 e. The van der Waals surface area contributed by atoms with Crippen LogP contribution in [0.3, 0.4) is 0 Å². The first-order chi connectivity index (χ1) is 9.65. The quantitative estimate of drug-likeness (QED) is 0.835. The van der Waals surface area contributed by atoms with Crippen molar-refractivity contribution in [2.24, 2.45) is 0 Å². The van der Waals surface area contributed by atoms with Gasteiger partial charge in [-0.2, -0.15) is 0 Å². The van der Waals surface area contributed by atoms with E-state index in [9.17, 15) is 4.79 Å². The molecule has 1 aromatic carbocycles. The predicted octanol–water partition coefficient (Wildman–Crippen LogP) is 1.84. The molecular weight excluding hydrogens is 256 g/mol. The Bertz CT molecular complexity index is 482. The van der Waals surface area contributed by atoms with Gasteiger partial charge in [0.25, 0.3) is 0 Å². The molecule has 0 aliphatic carbocycles. The van der Waals surface area contributed by atoms with E-state index in [1.54, 1.807) is 14.2 Å². The van der Waals surface area contributed by atoms with Crippen LogP contribution in [0.2, 0.25) is 0 Å². The lowest BCUT2D eigenvalue weighted by Crippen LogP contribution is -2.27. The number of likely N-dealkylation sites (tertiary alicyclic amines) is 1. The molecule has 2 N–H and O–H groups in total. The van der Waals surface area contributed by atoms with Crippen LogP contribution in [-0.4, -0.2) is 38.1 Å². The highest BCUT2D eigenvalue weighted by atomic mass is 16.5. The number of nitrogens with two attached hydrogens (primary N) is 1. The molecule has 5 nitrogen and oxygen atoms in total. The second-order valence-corrected chi connectivity index (χ2v) is 5.01. The zero-order valence-electron chi connectivity index (χ0n) is 12.1. The standard InChI is InChI=1S/C15H22N2O3/c1-19-13-10-11(9-12(16)15(13)20-2)5-6-14(18)17-7-3-4-8-17/h9-10H,3-8,16H2,1-2H3. The van der Waals surface area contributed by atoms with Gasteiger partial charge in [-0.05, 0) is 37.0 Å². The number of nitrogen functional groups attached to an aromatic ring is 1. The van der Waals surface area contributed by atoms with Crippen molar-refractivity contribution in [1.29, 1.82) is 0 Å². The first-order valence-corrected chi connectivity index (χ1v) is 6.94. The maximum absolute atomic E-state index is 12.0. The first-order valence-electron chi connectivity index (χ1n) is 6.94. The highest BCUT2D eigenvalue weighted by molar-refractivity contribution is 5.76. The number of carbonyl (C=O) groups is 1. The third-order valence-corrected chi connectivity index (χ3v) is 3.65. The second kappa shape index (κ2) is 6.50. The molecule has 110 valence electrons. The molecule has 0 bridgehead atoms. The minimum atomic E-state index is 0.218. The maximum Gasteiger partial charge on any atom is 0.222 e. The number of methoxy groups -OCH3 is 2. The number of aryl methyl sites for hydroxylation is 1. The van der Waals surface area contributed by atoms with Gasteiger partial charge in [-0.15, -0.1) is 0 Å². The van der Waals surface area contributed by atoms with Gasteiger partial charge in [0, 0.05) is 19.5 Å². The topological polar surface area (TPSA) is 64.8 Å². The fourth-order valence-corrected chi connectivity index (χ4v) is 2.57. The molecule has 1 aliphatic heterocycles. The molecule has 0 saturated carbocycles. The van der Waals surface area contributed by atoms with E-state index in [0.29, 0.717) is 30.0 Å². The molecule has 1 heterocycles. The Morgan fingerprint density at radius 3 is 2.55 bits per heavy atom. The Kier molecular flexibility index (Phi) is 4.71. The van der Waals surface area contributed by atoms with E-state index < -0.39 is 0 Å². The monoisotopic (exact) mass is 278 g/mol. The molecular formula is C15H22N2O3. The van der Waals surface area contributed by atoms with Crippen LogP contribution >= 0.6 is 0 Å². The van der Waals surface area contributed by atoms with E-state index in [1.165, 1.54) is 0 Å². The lowest BCUT2D eigenvalue weighted by atomic mass is 10.1. The molecule has 5 heteroatoms. The zero-order chi connectivity index (χ0) is 14.5. The van der Waals surface area contributed by atoms with Crippen LogP contribution in [0.5, 0.6) is 11.5 Å². The third kappa shape index (κ3) is 3.15. The Morgan fingerprint density at radius 1 is 1.25 bits per heavy atom. The first kappa shape index (κ1) is 14.5. The number of ether oxygens (including phenoxy) is 2. The minimum Gasteiger partial charge on any atom is -0.493 e. The van der Waals surface area contributed by atoms with Crippen LogP contribution in [0.15, 0.2) is 12.1 Å². The van der Waals surface area contributed by atoms with Crippen LogP contribution in [0, 0.1) is 0 Å². The van der Waals surface area contributed by atoms with Gasteiger partial charge in [0.15, 0.2) is 11.5 Å². The summed E-state index contributed by atoms with van der Waals surface area (Å²) in [5.41, 5.74) is 7.47. The number of nitrogens with zero attached hydrogens (tertiary/aromatic N) is 1. The predicted molar refractivity (Wildman–Crippen MR) is 78.1 cm³/mol. The third-order valence-electron chi connectivity index (χ3n) is 3.65. The van der Waals surface area contributed by atoms with Gasteiger partial charge in [0.2, 0.25) is 5.91 Å². The molecule has 1 amide bonds. The maximum atomic E-state index is 12.0. The molecule has 1 aliphatic rings. The smallest absolute Gasteiger partial charge is 0.222 e. The molecule has 0 atom stereocenters. The summed E-state index contributed by atoms with van der Waals surface area (Å²) in [6.07, 6.45) is 3.42. The molecule has 0 unspecified atom stereocenters. The van der Waals surface area contributed by atoms with Crippen molar-refractivity contribution in [3.8, 4) is 11.5 Å². The van der Waals surface area contributed by atoms with Crippen LogP contribution in [-0.2, 0) is 11.2 Å². The summed E-state index contributed by atoms with van der Waals surface area (Å²) in [7, 11) is 3.14. The van der Waals surface area contributed by atoms with Gasteiger partial charge in [-0.25, -0.2) is 0 Å². The SMILES string of the molecule is COc1cc(CCC(=O)N2CCCC2)cc(N)c1OC. The van der Waals surface area contributed by atoms with Crippen molar-refractivity contribution in [2.75, 3.05) is 33.0 Å². The van der Waals surface area contributed by atoms with Crippen molar-refractivity contribution < 1.29 is 14.3 Å². The fraction of sp³-hybridized carbons (Fsp3) is 0.533. The lowest BCUT2D eigenvalue weighted by Gasteiger charge is -2.16. The highest BCUT2D eigenvalue weighted by Crippen LogP contribution is 2.34. The van der Waals surface area contributed by atoms with E-state index in [1.807, 2.05) is 17.0 Å². The number of carbonyl (C=O) groups excluding carboxylic acids is 1. The number of benzene rings is 1. The van der Waals surface area contributed by atoms with E-state index in [4.69, 9.17) is 15.2 Å². The minimum absolute atomic E-state index is 0.218. The summed E-state index contributed by atoms with van der Waals surface area (Å²) in [4.78, 5) is 14.0. The average Bonchev–Trinajstić information content (AvgIpc) is 2.98. The number of amides is 1. The van der Waals surface area contributed by atoms with Gasteiger partial charge in [-0.3, -0.25) is 4.79 Å². The van der Waals surface area contributed by atoms with Crippen molar-refractivity contribution in [2.45, 2.75) is 25.7 Å². The Balaban J connectivity index is 2.02. The van der Waals surface area contributed by atoms with Gasteiger partial charge < -0.3 is 20.1 Å². The summed E-state index contributed by atoms with van der Waals surface area (Å²) in [5.74, 6) is 1.37. The molecule has 0 radical (unpaired) electrons. The highest BCUT2D eigenvalue weighted by Gasteiger charge is 2.18. The average molecular weight is 278 g/mol. The Morgan fingerprint density at radius 2 is 1.95 bits per heavy atom. The Labute approximate surface area is 119 Å². The lowest BCUT2D eigenvalue weighted by molar-refractivity contribution is -0.130. The summed E-state index contributed by atoms with van der Waals surface area (Å²) in [5, 5.41) is 0. The summed E-state index contributed by atoms with van der Waals surface area (Å²) >= 11 is 0. The molecule has 1 fully saturated rings. The number of anilines is 1. The van der Waals surface area contributed by atoms with E-state index in [0.717, 1.165) is 31.5 Å². The number of rotatable bonds is 5. The van der Waals surface area contributed by atoms with Crippen molar-refractivity contribution >= 4 is 11.6 Å². The normalized spacial score (nSPS) is 14.4. The van der Waals surface area contributed by atoms with Crippen molar-refractivity contribution in [3.05, 3.63) is 17.7 Å². The van der Waals surface area contributed by atoms with E-state index in [2.05, 4.69) is 0 Å². The van der Waals surface area contributed by atoms with Gasteiger partial charge >= 0.3 is 0 Å². The van der Waals surface area contributed by atoms with Crippen molar-refractivity contribution in [3.63, 3.8) is 0 Å². The van der Waals surface area contributed by atoms with Gasteiger partial charge in [0.05, 0.1) is 19.9 Å². The summed E-state index contributed by atoms with van der Waals surface area (Å²) < 4.78 is 10.5. The molecule has 20 heavy (non-hydrogen) atoms.